The number of aromatic amines is 1. The lowest BCUT2D eigenvalue weighted by atomic mass is 10.0. The molecule has 3 aromatic rings. The summed E-state index contributed by atoms with van der Waals surface area (Å²) in [5, 5.41) is 2.49. The van der Waals surface area contributed by atoms with Gasteiger partial charge in [0.2, 0.25) is 0 Å². The fraction of sp³-hybridized carbons (Fsp3) is 0.0625. The topological polar surface area (TPSA) is 28.1 Å². The van der Waals surface area contributed by atoms with Crippen molar-refractivity contribution in [2.75, 3.05) is 5.88 Å². The second-order valence-electron chi connectivity index (χ2n) is 4.52. The Morgan fingerprint density at radius 2 is 1.74 bits per heavy atom. The number of hydrogen-bond acceptors (Lipinski definition) is 2. The van der Waals surface area contributed by atoms with Crippen molar-refractivity contribution < 1.29 is 0 Å². The first-order valence-corrected chi connectivity index (χ1v) is 7.26. The lowest BCUT2D eigenvalue weighted by molar-refractivity contribution is 1.19. The predicted molar refractivity (Wildman–Crippen MR) is 81.1 cm³/mol. The standard InChI is InChI=1S/C16H12N2S/c1-2-6-11(7-3-1)15-14-12-8-4-5-9-13(12)18-16(14)19-10-17-15/h1-9,18H,10H2. The molecule has 4 rings (SSSR count). The summed E-state index contributed by atoms with van der Waals surface area (Å²) in [5.74, 6) is 0.782. The van der Waals surface area contributed by atoms with Gasteiger partial charge >= 0.3 is 0 Å². The third kappa shape index (κ3) is 1.70. The summed E-state index contributed by atoms with van der Waals surface area (Å²) in [6, 6.07) is 18.8. The number of aromatic nitrogens is 1. The minimum Gasteiger partial charge on any atom is -0.349 e. The molecule has 0 saturated heterocycles. The minimum absolute atomic E-state index is 0.782. The van der Waals surface area contributed by atoms with Gasteiger partial charge in [-0.05, 0) is 6.07 Å². The predicted octanol–water partition coefficient (Wildman–Crippen LogP) is 4.07. The summed E-state index contributed by atoms with van der Waals surface area (Å²) in [6.45, 7) is 0. The monoisotopic (exact) mass is 264 g/mol. The third-order valence-corrected chi connectivity index (χ3v) is 4.24. The van der Waals surface area contributed by atoms with Gasteiger partial charge in [-0.1, -0.05) is 60.3 Å². The van der Waals surface area contributed by atoms with E-state index in [1.165, 1.54) is 27.1 Å². The van der Waals surface area contributed by atoms with Gasteiger partial charge in [0, 0.05) is 22.0 Å². The van der Waals surface area contributed by atoms with E-state index in [2.05, 4.69) is 53.5 Å². The molecule has 3 heteroatoms. The van der Waals surface area contributed by atoms with E-state index in [1.807, 2.05) is 6.07 Å². The number of thioether (sulfide) groups is 1. The van der Waals surface area contributed by atoms with Gasteiger partial charge in [0.25, 0.3) is 0 Å². The molecule has 0 unspecified atom stereocenters. The van der Waals surface area contributed by atoms with E-state index < -0.39 is 0 Å². The van der Waals surface area contributed by atoms with Crippen molar-refractivity contribution in [1.82, 2.24) is 4.98 Å². The number of nitrogens with zero attached hydrogens (tertiary/aromatic N) is 1. The number of aliphatic imine (C=N–C) groups is 1. The molecule has 2 heterocycles. The van der Waals surface area contributed by atoms with Crippen LogP contribution in [-0.2, 0) is 0 Å². The molecule has 0 amide bonds. The van der Waals surface area contributed by atoms with Crippen molar-refractivity contribution >= 4 is 28.4 Å². The maximum atomic E-state index is 4.72. The molecule has 1 N–H and O–H groups in total. The average molecular weight is 264 g/mol. The highest BCUT2D eigenvalue weighted by Crippen LogP contribution is 2.35. The van der Waals surface area contributed by atoms with Crippen LogP contribution in [0.2, 0.25) is 0 Å². The van der Waals surface area contributed by atoms with Crippen molar-refractivity contribution in [3.8, 4) is 0 Å². The minimum atomic E-state index is 0.782. The van der Waals surface area contributed by atoms with Gasteiger partial charge in [0.1, 0.15) is 0 Å². The van der Waals surface area contributed by atoms with Crippen LogP contribution in [0, 0.1) is 0 Å². The molecule has 0 aliphatic carbocycles. The number of fused-ring (bicyclic) bond motifs is 3. The van der Waals surface area contributed by atoms with Crippen molar-refractivity contribution in [3.63, 3.8) is 0 Å². The highest BCUT2D eigenvalue weighted by Gasteiger charge is 2.21. The fourth-order valence-electron chi connectivity index (χ4n) is 2.53. The summed E-state index contributed by atoms with van der Waals surface area (Å²) in [4.78, 5) is 8.22. The molecule has 1 aromatic heterocycles. The van der Waals surface area contributed by atoms with E-state index in [0.29, 0.717) is 0 Å². The normalized spacial score (nSPS) is 14.2. The molecule has 2 aromatic carbocycles. The van der Waals surface area contributed by atoms with E-state index in [0.717, 1.165) is 11.6 Å². The second-order valence-corrected chi connectivity index (χ2v) is 5.48. The quantitative estimate of drug-likeness (QED) is 0.705. The number of para-hydroxylation sites is 1. The van der Waals surface area contributed by atoms with E-state index in [-0.39, 0.29) is 0 Å². The summed E-state index contributed by atoms with van der Waals surface area (Å²) in [6.07, 6.45) is 0. The molecule has 1 aliphatic heterocycles. The highest BCUT2D eigenvalue weighted by molar-refractivity contribution is 7.99. The van der Waals surface area contributed by atoms with Crippen molar-refractivity contribution in [2.24, 2.45) is 4.99 Å². The van der Waals surface area contributed by atoms with E-state index in [1.54, 1.807) is 11.8 Å². The molecule has 0 bridgehead atoms. The molecule has 1 aliphatic rings. The molecule has 0 saturated carbocycles. The van der Waals surface area contributed by atoms with Crippen LogP contribution >= 0.6 is 11.8 Å². The van der Waals surface area contributed by atoms with Gasteiger partial charge in [-0.3, -0.25) is 4.99 Å². The first-order valence-electron chi connectivity index (χ1n) is 6.27. The van der Waals surface area contributed by atoms with Gasteiger partial charge in [-0.2, -0.15) is 0 Å². The number of nitrogens with one attached hydrogen (secondary N) is 1. The average Bonchev–Trinajstić information content (AvgIpc) is 2.86. The van der Waals surface area contributed by atoms with Crippen molar-refractivity contribution in [1.29, 1.82) is 0 Å². The second kappa shape index (κ2) is 4.28. The van der Waals surface area contributed by atoms with E-state index >= 15 is 0 Å². The Morgan fingerprint density at radius 3 is 2.63 bits per heavy atom. The van der Waals surface area contributed by atoms with Gasteiger partial charge in [0.05, 0.1) is 16.6 Å². The Balaban J connectivity index is 2.00. The van der Waals surface area contributed by atoms with Crippen LogP contribution in [-0.4, -0.2) is 16.6 Å². The molecular formula is C16H12N2S. The molecule has 0 spiro atoms. The van der Waals surface area contributed by atoms with Gasteiger partial charge < -0.3 is 4.98 Å². The lowest BCUT2D eigenvalue weighted by Crippen LogP contribution is -2.08. The van der Waals surface area contributed by atoms with Crippen molar-refractivity contribution in [2.45, 2.75) is 5.03 Å². The van der Waals surface area contributed by atoms with Crippen LogP contribution in [0.5, 0.6) is 0 Å². The molecule has 92 valence electrons. The zero-order chi connectivity index (χ0) is 12.7. The van der Waals surface area contributed by atoms with Crippen LogP contribution in [0.4, 0.5) is 0 Å². The van der Waals surface area contributed by atoms with Crippen LogP contribution in [0.1, 0.15) is 11.1 Å². The van der Waals surface area contributed by atoms with Crippen LogP contribution in [0.15, 0.2) is 64.6 Å². The molecular weight excluding hydrogens is 252 g/mol. The van der Waals surface area contributed by atoms with Gasteiger partial charge in [0.15, 0.2) is 0 Å². The Hall–Kier alpha value is -2.00. The summed E-state index contributed by atoms with van der Waals surface area (Å²) in [5.41, 5.74) is 4.73. The largest absolute Gasteiger partial charge is 0.349 e. The lowest BCUT2D eigenvalue weighted by Gasteiger charge is -2.13. The zero-order valence-corrected chi connectivity index (χ0v) is 11.1. The molecule has 0 radical (unpaired) electrons. The maximum Gasteiger partial charge on any atom is 0.0912 e. The fourth-order valence-corrected chi connectivity index (χ4v) is 3.39. The Kier molecular flexibility index (Phi) is 2.45. The van der Waals surface area contributed by atoms with Crippen LogP contribution in [0.3, 0.4) is 0 Å². The number of H-pyrrole nitrogens is 1. The van der Waals surface area contributed by atoms with Crippen LogP contribution in [0.25, 0.3) is 10.9 Å². The summed E-state index contributed by atoms with van der Waals surface area (Å²) in [7, 11) is 0. The Labute approximate surface area is 115 Å². The number of hydrogen-bond donors (Lipinski definition) is 1. The number of rotatable bonds is 1. The Bertz CT molecular complexity index is 772. The maximum absolute atomic E-state index is 4.72. The first kappa shape index (κ1) is 10.9. The highest BCUT2D eigenvalue weighted by atomic mass is 32.2. The Morgan fingerprint density at radius 1 is 0.947 bits per heavy atom. The SMILES string of the molecule is c1ccc(C2=NCSc3[nH]c4ccccc4c32)cc1. The third-order valence-electron chi connectivity index (χ3n) is 3.39. The number of benzene rings is 2. The summed E-state index contributed by atoms with van der Waals surface area (Å²) >= 11 is 1.77. The molecule has 2 nitrogen and oxygen atoms in total. The first-order chi connectivity index (χ1) is 9.43. The van der Waals surface area contributed by atoms with E-state index in [4.69, 9.17) is 4.99 Å². The zero-order valence-electron chi connectivity index (χ0n) is 10.3. The van der Waals surface area contributed by atoms with Crippen molar-refractivity contribution in [3.05, 3.63) is 65.7 Å². The molecule has 0 atom stereocenters. The molecule has 19 heavy (non-hydrogen) atoms. The summed E-state index contributed by atoms with van der Waals surface area (Å²) < 4.78 is 0. The molecule has 0 fully saturated rings. The van der Waals surface area contributed by atoms with Crippen LogP contribution < -0.4 is 0 Å². The van der Waals surface area contributed by atoms with Gasteiger partial charge in [-0.15, -0.1) is 0 Å². The van der Waals surface area contributed by atoms with Gasteiger partial charge in [-0.25, -0.2) is 0 Å². The smallest absolute Gasteiger partial charge is 0.0912 e. The van der Waals surface area contributed by atoms with E-state index in [9.17, 15) is 0 Å².